The first-order valence-corrected chi connectivity index (χ1v) is 16.8. The van der Waals surface area contributed by atoms with Gasteiger partial charge in [0.2, 0.25) is 0 Å². The smallest absolute Gasteiger partial charge is 0.284 e. The van der Waals surface area contributed by atoms with E-state index in [1.165, 1.54) is 0 Å². The predicted octanol–water partition coefficient (Wildman–Crippen LogP) is 6.77. The SMILES string of the molecule is Cc1ccc(S(=O)(=O)N2C(=O)c3cc4ccccc4n3CC2CC#C[Si](C(C)C)(C(C)C)C(C)C)cc1. The van der Waals surface area contributed by atoms with Crippen LogP contribution in [-0.2, 0) is 16.6 Å². The number of nitrogens with zero attached hydrogens (tertiary/aromatic N) is 2. The van der Waals surface area contributed by atoms with Crippen LogP contribution in [0.2, 0.25) is 16.6 Å². The number of rotatable bonds is 6. The molecule has 7 heteroatoms. The largest absolute Gasteiger partial charge is 0.334 e. The number of hydrogen-bond donors (Lipinski definition) is 0. The van der Waals surface area contributed by atoms with Gasteiger partial charge in [-0.25, -0.2) is 12.7 Å². The molecule has 1 amide bonds. The van der Waals surface area contributed by atoms with Crippen molar-refractivity contribution in [3.05, 3.63) is 65.9 Å². The van der Waals surface area contributed by atoms with Gasteiger partial charge in [-0.05, 0) is 47.8 Å². The minimum absolute atomic E-state index is 0.129. The van der Waals surface area contributed by atoms with E-state index in [0.29, 0.717) is 35.3 Å². The summed E-state index contributed by atoms with van der Waals surface area (Å²) in [4.78, 5) is 14.0. The van der Waals surface area contributed by atoms with E-state index < -0.39 is 30.0 Å². The lowest BCUT2D eigenvalue weighted by Crippen LogP contribution is -2.50. The Hall–Kier alpha value is -2.82. The maximum absolute atomic E-state index is 13.9. The lowest BCUT2D eigenvalue weighted by Gasteiger charge is -2.38. The second-order valence-corrected chi connectivity index (χ2v) is 18.6. The van der Waals surface area contributed by atoms with Crippen molar-refractivity contribution >= 4 is 34.9 Å². The molecule has 1 aliphatic rings. The molecule has 0 radical (unpaired) electrons. The number of fused-ring (bicyclic) bond motifs is 3. The molecule has 0 bridgehead atoms. The third-order valence-electron chi connectivity index (χ3n) is 8.04. The zero-order chi connectivity index (χ0) is 27.1. The summed E-state index contributed by atoms with van der Waals surface area (Å²) in [5, 5.41) is 0.927. The molecular formula is C30H38N2O3SSi. The number of aryl methyl sites for hydroxylation is 1. The molecule has 5 nitrogen and oxygen atoms in total. The number of carbonyl (C=O) groups is 1. The monoisotopic (exact) mass is 534 g/mol. The molecule has 3 aromatic rings. The van der Waals surface area contributed by atoms with E-state index in [9.17, 15) is 13.2 Å². The molecular weight excluding hydrogens is 496 g/mol. The molecule has 2 heterocycles. The summed E-state index contributed by atoms with van der Waals surface area (Å²) in [6.07, 6.45) is 0.309. The Labute approximate surface area is 222 Å². The van der Waals surface area contributed by atoms with E-state index in [1.807, 2.05) is 35.8 Å². The highest BCUT2D eigenvalue weighted by atomic mass is 32.2. The fraction of sp³-hybridized carbons (Fsp3) is 0.433. The molecule has 0 aliphatic carbocycles. The standard InChI is InChI=1S/C30H38N2O3SSi/c1-21(2)37(22(3)4,23(5)6)18-10-12-26-20-31-28-13-9-8-11-25(28)19-29(31)30(33)32(26)36(34,35)27-16-14-24(7)15-17-27/h8-9,11,13-17,19,21-23,26H,12,20H2,1-7H3. The highest BCUT2D eigenvalue weighted by Gasteiger charge is 2.43. The van der Waals surface area contributed by atoms with E-state index in [2.05, 4.69) is 53.0 Å². The van der Waals surface area contributed by atoms with Crippen LogP contribution in [0.5, 0.6) is 0 Å². The summed E-state index contributed by atoms with van der Waals surface area (Å²) in [5.74, 6) is 2.94. The van der Waals surface area contributed by atoms with Gasteiger partial charge >= 0.3 is 0 Å². The zero-order valence-electron chi connectivity index (χ0n) is 22.9. The number of benzene rings is 2. The summed E-state index contributed by atoms with van der Waals surface area (Å²) >= 11 is 0. The van der Waals surface area contributed by atoms with Crippen LogP contribution in [0.1, 0.15) is 64.0 Å². The van der Waals surface area contributed by atoms with E-state index in [4.69, 9.17) is 0 Å². The van der Waals surface area contributed by atoms with Crippen molar-refractivity contribution in [2.45, 2.75) is 89.0 Å². The van der Waals surface area contributed by atoms with Crippen LogP contribution < -0.4 is 0 Å². The number of hydrogen-bond acceptors (Lipinski definition) is 3. The average Bonchev–Trinajstić information content (AvgIpc) is 3.20. The van der Waals surface area contributed by atoms with E-state index in [0.717, 1.165) is 20.8 Å². The van der Waals surface area contributed by atoms with Gasteiger partial charge in [-0.1, -0.05) is 77.4 Å². The Morgan fingerprint density at radius 1 is 0.946 bits per heavy atom. The lowest BCUT2D eigenvalue weighted by atomic mass is 10.1. The van der Waals surface area contributed by atoms with Crippen molar-refractivity contribution in [3.63, 3.8) is 0 Å². The van der Waals surface area contributed by atoms with Gasteiger partial charge in [0, 0.05) is 23.9 Å². The maximum Gasteiger partial charge on any atom is 0.284 e. The Kier molecular flexibility index (Phi) is 7.47. The topological polar surface area (TPSA) is 59.4 Å². The Bertz CT molecular complexity index is 1450. The van der Waals surface area contributed by atoms with Crippen LogP contribution in [0.25, 0.3) is 10.9 Å². The summed E-state index contributed by atoms with van der Waals surface area (Å²) < 4.78 is 30.8. The van der Waals surface area contributed by atoms with E-state index in [-0.39, 0.29) is 4.90 Å². The van der Waals surface area contributed by atoms with Crippen LogP contribution in [0, 0.1) is 18.4 Å². The van der Waals surface area contributed by atoms with Crippen molar-refractivity contribution < 1.29 is 13.2 Å². The second-order valence-electron chi connectivity index (χ2n) is 11.2. The Morgan fingerprint density at radius 2 is 1.54 bits per heavy atom. The van der Waals surface area contributed by atoms with Crippen LogP contribution in [0.4, 0.5) is 0 Å². The zero-order valence-corrected chi connectivity index (χ0v) is 24.8. The summed E-state index contributed by atoms with van der Waals surface area (Å²) in [5.41, 5.74) is 7.43. The van der Waals surface area contributed by atoms with Crippen molar-refractivity contribution in [1.29, 1.82) is 0 Å². The van der Waals surface area contributed by atoms with Gasteiger partial charge in [0.25, 0.3) is 15.9 Å². The predicted molar refractivity (Wildman–Crippen MR) is 154 cm³/mol. The normalized spacial score (nSPS) is 16.4. The van der Waals surface area contributed by atoms with Crippen molar-refractivity contribution in [2.75, 3.05) is 0 Å². The van der Waals surface area contributed by atoms with Crippen LogP contribution in [0.15, 0.2) is 59.5 Å². The molecule has 0 N–H and O–H groups in total. The summed E-state index contributed by atoms with van der Waals surface area (Å²) in [6, 6.07) is 15.7. The molecule has 0 spiro atoms. The van der Waals surface area contributed by atoms with Gasteiger partial charge in [-0.15, -0.1) is 11.5 Å². The molecule has 1 unspecified atom stereocenters. The number of sulfonamides is 1. The van der Waals surface area contributed by atoms with Gasteiger partial charge in [0.1, 0.15) is 13.8 Å². The summed E-state index contributed by atoms with van der Waals surface area (Å²) in [6.45, 7) is 15.9. The summed E-state index contributed by atoms with van der Waals surface area (Å²) in [7, 11) is -6.05. The van der Waals surface area contributed by atoms with Crippen molar-refractivity contribution in [3.8, 4) is 11.5 Å². The molecule has 1 atom stereocenters. The quantitative estimate of drug-likeness (QED) is 0.259. The van der Waals surface area contributed by atoms with Gasteiger partial charge in [-0.2, -0.15) is 0 Å². The highest BCUT2D eigenvalue weighted by molar-refractivity contribution is 7.89. The number of carbonyl (C=O) groups excluding carboxylic acids is 1. The number of para-hydroxylation sites is 1. The van der Waals surface area contributed by atoms with E-state index >= 15 is 0 Å². The fourth-order valence-electron chi connectivity index (χ4n) is 6.18. The first-order chi connectivity index (χ1) is 17.4. The minimum Gasteiger partial charge on any atom is -0.334 e. The third kappa shape index (κ3) is 4.66. The maximum atomic E-state index is 13.9. The third-order valence-corrected chi connectivity index (χ3v) is 16.2. The molecule has 1 aliphatic heterocycles. The second kappa shape index (κ2) is 10.1. The number of aromatic nitrogens is 1. The van der Waals surface area contributed by atoms with Crippen molar-refractivity contribution in [1.82, 2.24) is 8.87 Å². The highest BCUT2D eigenvalue weighted by Crippen LogP contribution is 2.41. The molecule has 0 saturated heterocycles. The number of amides is 1. The van der Waals surface area contributed by atoms with Gasteiger partial charge in [0.15, 0.2) is 0 Å². The molecule has 0 saturated carbocycles. The lowest BCUT2D eigenvalue weighted by molar-refractivity contribution is 0.0767. The van der Waals surface area contributed by atoms with Crippen molar-refractivity contribution in [2.24, 2.45) is 0 Å². The Balaban J connectivity index is 1.82. The first-order valence-electron chi connectivity index (χ1n) is 13.1. The molecule has 196 valence electrons. The van der Waals surface area contributed by atoms with E-state index in [1.54, 1.807) is 30.3 Å². The van der Waals surface area contributed by atoms with Crippen LogP contribution >= 0.6 is 0 Å². The molecule has 37 heavy (non-hydrogen) atoms. The minimum atomic E-state index is -4.06. The van der Waals surface area contributed by atoms with Crippen LogP contribution in [0.3, 0.4) is 0 Å². The fourth-order valence-corrected chi connectivity index (χ4v) is 13.0. The molecule has 2 aromatic carbocycles. The average molecular weight is 535 g/mol. The molecule has 0 fully saturated rings. The van der Waals surface area contributed by atoms with Crippen LogP contribution in [-0.4, -0.2) is 37.3 Å². The first kappa shape index (κ1) is 27.2. The molecule has 1 aromatic heterocycles. The Morgan fingerprint density at radius 3 is 2.14 bits per heavy atom. The van der Waals surface area contributed by atoms with Gasteiger partial charge in [-0.3, -0.25) is 4.79 Å². The van der Waals surface area contributed by atoms with Gasteiger partial charge < -0.3 is 4.57 Å². The molecule has 4 rings (SSSR count). The van der Waals surface area contributed by atoms with Gasteiger partial charge in [0.05, 0.1) is 10.9 Å².